The summed E-state index contributed by atoms with van der Waals surface area (Å²) >= 11 is 0. The Balaban J connectivity index is 2.01. The Morgan fingerprint density at radius 2 is 2.25 bits per heavy atom. The molecule has 0 aliphatic heterocycles. The molecule has 6 nitrogen and oxygen atoms in total. The van der Waals surface area contributed by atoms with E-state index in [0.29, 0.717) is 17.1 Å². The smallest absolute Gasteiger partial charge is 0.212 e. The minimum Gasteiger partial charge on any atom is -0.485 e. The number of rotatable bonds is 6. The van der Waals surface area contributed by atoms with E-state index in [1.54, 1.807) is 19.2 Å². The van der Waals surface area contributed by atoms with Gasteiger partial charge in [0.05, 0.1) is 7.05 Å². The summed E-state index contributed by atoms with van der Waals surface area (Å²) < 4.78 is 19.4. The largest absolute Gasteiger partial charge is 0.485 e. The number of hydrogen-bond donors (Lipinski definition) is 1. The molecule has 0 bridgehead atoms. The van der Waals surface area contributed by atoms with Crippen molar-refractivity contribution in [2.75, 3.05) is 6.54 Å². The van der Waals surface area contributed by atoms with Gasteiger partial charge in [-0.2, -0.15) is 4.80 Å². The average molecular weight is 279 g/mol. The second kappa shape index (κ2) is 6.42. The van der Waals surface area contributed by atoms with Gasteiger partial charge in [-0.25, -0.2) is 4.39 Å². The predicted molar refractivity (Wildman–Crippen MR) is 71.6 cm³/mol. The minimum absolute atomic E-state index is 0.0318. The molecule has 0 radical (unpaired) electrons. The van der Waals surface area contributed by atoms with Crippen LogP contribution in [0, 0.1) is 5.82 Å². The highest BCUT2D eigenvalue weighted by Crippen LogP contribution is 2.22. The summed E-state index contributed by atoms with van der Waals surface area (Å²) in [5.74, 6) is 0.614. The molecular weight excluding hydrogens is 261 g/mol. The Hall–Kier alpha value is -2.02. The monoisotopic (exact) mass is 279 g/mol. The number of hydrogen-bond acceptors (Lipinski definition) is 5. The van der Waals surface area contributed by atoms with E-state index in [9.17, 15) is 4.39 Å². The number of tetrazole rings is 1. The molecule has 0 fully saturated rings. The molecule has 108 valence electrons. The van der Waals surface area contributed by atoms with E-state index in [4.69, 9.17) is 4.74 Å². The lowest BCUT2D eigenvalue weighted by molar-refractivity contribution is 0.293. The van der Waals surface area contributed by atoms with E-state index in [-0.39, 0.29) is 18.5 Å². The van der Waals surface area contributed by atoms with Crippen LogP contribution in [-0.2, 0) is 13.7 Å². The molecule has 0 aliphatic carbocycles. The fourth-order valence-electron chi connectivity index (χ4n) is 1.89. The van der Waals surface area contributed by atoms with Gasteiger partial charge < -0.3 is 10.1 Å². The number of nitrogens with zero attached hydrogens (tertiary/aromatic N) is 4. The zero-order valence-corrected chi connectivity index (χ0v) is 11.8. The lowest BCUT2D eigenvalue weighted by Crippen LogP contribution is -2.18. The van der Waals surface area contributed by atoms with Crippen LogP contribution in [0.25, 0.3) is 0 Å². The molecule has 1 aromatic heterocycles. The van der Waals surface area contributed by atoms with Crippen molar-refractivity contribution in [2.24, 2.45) is 7.05 Å². The minimum atomic E-state index is -0.289. The number of aryl methyl sites for hydroxylation is 1. The molecule has 1 N–H and O–H groups in total. The summed E-state index contributed by atoms with van der Waals surface area (Å²) in [7, 11) is 1.67. The highest BCUT2D eigenvalue weighted by Gasteiger charge is 2.11. The quantitative estimate of drug-likeness (QED) is 0.870. The number of nitrogens with one attached hydrogen (secondary N) is 1. The molecule has 0 saturated carbocycles. The summed E-state index contributed by atoms with van der Waals surface area (Å²) in [6.45, 7) is 4.86. The Kier molecular flexibility index (Phi) is 4.62. The third-order valence-corrected chi connectivity index (χ3v) is 2.87. The van der Waals surface area contributed by atoms with Crippen LogP contribution in [0.3, 0.4) is 0 Å². The number of halogens is 1. The van der Waals surface area contributed by atoms with Crippen LogP contribution in [0.5, 0.6) is 5.75 Å². The van der Waals surface area contributed by atoms with E-state index in [0.717, 1.165) is 6.54 Å². The zero-order valence-electron chi connectivity index (χ0n) is 11.8. The van der Waals surface area contributed by atoms with Crippen molar-refractivity contribution in [1.82, 2.24) is 25.5 Å². The van der Waals surface area contributed by atoms with Crippen molar-refractivity contribution in [3.05, 3.63) is 35.4 Å². The van der Waals surface area contributed by atoms with Gasteiger partial charge in [-0.05, 0) is 24.7 Å². The standard InChI is InChI=1S/C13H18FN5O/c1-4-15-9(2)11-6-5-10(7-12(11)14)20-8-13-16-18-19(3)17-13/h5-7,9,15H,4,8H2,1-3H3. The molecule has 2 aromatic rings. The second-order valence-electron chi connectivity index (χ2n) is 4.45. The van der Waals surface area contributed by atoms with E-state index in [1.165, 1.54) is 10.9 Å². The third kappa shape index (κ3) is 3.51. The molecule has 1 heterocycles. The molecule has 1 aromatic carbocycles. The van der Waals surface area contributed by atoms with Gasteiger partial charge in [0.2, 0.25) is 5.82 Å². The molecular formula is C13H18FN5O. The van der Waals surface area contributed by atoms with E-state index in [1.807, 2.05) is 13.8 Å². The molecule has 0 aliphatic rings. The van der Waals surface area contributed by atoms with E-state index in [2.05, 4.69) is 20.7 Å². The van der Waals surface area contributed by atoms with Crippen LogP contribution in [0.15, 0.2) is 18.2 Å². The first-order chi connectivity index (χ1) is 9.60. The topological polar surface area (TPSA) is 64.9 Å². The zero-order chi connectivity index (χ0) is 14.5. The van der Waals surface area contributed by atoms with Crippen LogP contribution in [0.1, 0.15) is 31.3 Å². The maximum Gasteiger partial charge on any atom is 0.212 e. The second-order valence-corrected chi connectivity index (χ2v) is 4.45. The maximum atomic E-state index is 14.0. The van der Waals surface area contributed by atoms with Crippen molar-refractivity contribution < 1.29 is 9.13 Å². The molecule has 0 amide bonds. The first kappa shape index (κ1) is 14.4. The molecule has 1 unspecified atom stereocenters. The van der Waals surface area contributed by atoms with Crippen molar-refractivity contribution in [3.63, 3.8) is 0 Å². The van der Waals surface area contributed by atoms with Crippen molar-refractivity contribution in [1.29, 1.82) is 0 Å². The van der Waals surface area contributed by atoms with Gasteiger partial charge in [0.1, 0.15) is 11.6 Å². The summed E-state index contributed by atoms with van der Waals surface area (Å²) in [5.41, 5.74) is 0.622. The number of aromatic nitrogens is 4. The number of benzene rings is 1. The Bertz CT molecular complexity index is 572. The highest BCUT2D eigenvalue weighted by molar-refractivity contribution is 5.30. The molecule has 0 saturated heterocycles. The first-order valence-electron chi connectivity index (χ1n) is 6.48. The third-order valence-electron chi connectivity index (χ3n) is 2.87. The van der Waals surface area contributed by atoms with E-state index >= 15 is 0 Å². The van der Waals surface area contributed by atoms with Gasteiger partial charge in [0.15, 0.2) is 6.61 Å². The van der Waals surface area contributed by atoms with Crippen LogP contribution in [0.2, 0.25) is 0 Å². The molecule has 2 rings (SSSR count). The lowest BCUT2D eigenvalue weighted by Gasteiger charge is -2.14. The SMILES string of the molecule is CCNC(C)c1ccc(OCc2nnn(C)n2)cc1F. The normalized spacial score (nSPS) is 12.4. The van der Waals surface area contributed by atoms with Gasteiger partial charge in [-0.3, -0.25) is 0 Å². The maximum absolute atomic E-state index is 14.0. The van der Waals surface area contributed by atoms with Crippen LogP contribution >= 0.6 is 0 Å². The first-order valence-corrected chi connectivity index (χ1v) is 6.48. The van der Waals surface area contributed by atoms with Gasteiger partial charge in [0.25, 0.3) is 0 Å². The fraction of sp³-hybridized carbons (Fsp3) is 0.462. The predicted octanol–water partition coefficient (Wildman–Crippen LogP) is 1.60. The van der Waals surface area contributed by atoms with Gasteiger partial charge >= 0.3 is 0 Å². The van der Waals surface area contributed by atoms with Crippen molar-refractivity contribution in [3.8, 4) is 5.75 Å². The Morgan fingerprint density at radius 3 is 2.85 bits per heavy atom. The van der Waals surface area contributed by atoms with Crippen LogP contribution in [-0.4, -0.2) is 26.8 Å². The van der Waals surface area contributed by atoms with Gasteiger partial charge in [0, 0.05) is 17.7 Å². The summed E-state index contributed by atoms with van der Waals surface area (Å²) in [4.78, 5) is 1.35. The van der Waals surface area contributed by atoms with Crippen molar-refractivity contribution >= 4 is 0 Å². The van der Waals surface area contributed by atoms with Crippen LogP contribution in [0.4, 0.5) is 4.39 Å². The summed E-state index contributed by atoms with van der Waals surface area (Å²) in [6, 6.07) is 4.81. The molecule has 20 heavy (non-hydrogen) atoms. The van der Waals surface area contributed by atoms with Crippen molar-refractivity contribution in [2.45, 2.75) is 26.5 Å². The Labute approximate surface area is 116 Å². The fourth-order valence-corrected chi connectivity index (χ4v) is 1.89. The van der Waals surface area contributed by atoms with E-state index < -0.39 is 0 Å². The average Bonchev–Trinajstić information content (AvgIpc) is 2.82. The molecule has 7 heteroatoms. The van der Waals surface area contributed by atoms with Gasteiger partial charge in [-0.1, -0.05) is 13.0 Å². The Morgan fingerprint density at radius 1 is 1.45 bits per heavy atom. The lowest BCUT2D eigenvalue weighted by atomic mass is 10.1. The number of ether oxygens (including phenoxy) is 1. The van der Waals surface area contributed by atoms with Crippen LogP contribution < -0.4 is 10.1 Å². The van der Waals surface area contributed by atoms with Gasteiger partial charge in [-0.15, -0.1) is 10.2 Å². The summed E-state index contributed by atoms with van der Waals surface area (Å²) in [6.07, 6.45) is 0. The molecule has 1 atom stereocenters. The molecule has 0 spiro atoms. The highest BCUT2D eigenvalue weighted by atomic mass is 19.1. The summed E-state index contributed by atoms with van der Waals surface area (Å²) in [5, 5.41) is 14.6.